The average molecular weight is 245 g/mol. The van der Waals surface area contributed by atoms with E-state index >= 15 is 0 Å². The lowest BCUT2D eigenvalue weighted by atomic mass is 9.93. The van der Waals surface area contributed by atoms with Crippen LogP contribution < -0.4 is 16.4 Å². The summed E-state index contributed by atoms with van der Waals surface area (Å²) in [5.74, 6) is -0.190. The van der Waals surface area contributed by atoms with E-state index in [1.54, 1.807) is 6.92 Å². The molecule has 4 atom stereocenters. The predicted octanol–water partition coefficient (Wildman–Crippen LogP) is -1.48. The summed E-state index contributed by atoms with van der Waals surface area (Å²) in [6.45, 7) is 3.36. The van der Waals surface area contributed by atoms with Gasteiger partial charge in [0.15, 0.2) is 0 Å². The second-order valence-electron chi connectivity index (χ2n) is 5.07. The number of carbonyl (C=O) groups is 1. The van der Waals surface area contributed by atoms with E-state index < -0.39 is 5.60 Å². The average Bonchev–Trinajstić information content (AvgIpc) is 2.50. The van der Waals surface area contributed by atoms with Gasteiger partial charge >= 0.3 is 0 Å². The van der Waals surface area contributed by atoms with E-state index in [2.05, 4.69) is 10.6 Å². The van der Waals surface area contributed by atoms with Crippen LogP contribution in [0.4, 0.5) is 0 Å². The number of amides is 1. The van der Waals surface area contributed by atoms with E-state index in [1.807, 2.05) is 0 Å². The molecule has 1 aliphatic rings. The highest BCUT2D eigenvalue weighted by molar-refractivity contribution is 5.73. The Morgan fingerprint density at radius 3 is 2.71 bits per heavy atom. The number of hydrogen-bond donors (Lipinski definition) is 5. The van der Waals surface area contributed by atoms with Crippen LogP contribution >= 0.6 is 0 Å². The third kappa shape index (κ3) is 3.92. The monoisotopic (exact) mass is 245 g/mol. The molecule has 6 nitrogen and oxygen atoms in total. The fraction of sp³-hybridized carbons (Fsp3) is 0.909. The Balaban J connectivity index is 2.73. The third-order valence-corrected chi connectivity index (χ3v) is 3.33. The van der Waals surface area contributed by atoms with Crippen molar-refractivity contribution in [3.63, 3.8) is 0 Å². The Morgan fingerprint density at radius 1 is 1.59 bits per heavy atom. The first-order valence-electron chi connectivity index (χ1n) is 5.93. The number of aliphatic hydroxyl groups is 2. The smallest absolute Gasteiger partial charge is 0.217 e. The standard InChI is InChI=1S/C11H23N3O3/c1-7(16)14-10(5-15)8-3-11(2,17)4-9(8)13-6-12/h8-10,13,15,17H,3-6,12H2,1-2H3,(H,14,16)/t8?,9-,10?,11-/m0/s1. The van der Waals surface area contributed by atoms with E-state index in [0.29, 0.717) is 19.5 Å². The summed E-state index contributed by atoms with van der Waals surface area (Å²) in [6, 6.07) is -0.329. The molecular weight excluding hydrogens is 222 g/mol. The highest BCUT2D eigenvalue weighted by Crippen LogP contribution is 2.36. The van der Waals surface area contributed by atoms with E-state index in [-0.39, 0.29) is 30.5 Å². The van der Waals surface area contributed by atoms with Crippen LogP contribution in [-0.4, -0.2) is 47.1 Å². The van der Waals surface area contributed by atoms with Crippen molar-refractivity contribution in [1.82, 2.24) is 10.6 Å². The molecule has 0 saturated heterocycles. The first-order chi connectivity index (χ1) is 7.89. The highest BCUT2D eigenvalue weighted by Gasteiger charge is 2.44. The molecule has 0 aromatic heterocycles. The maximum atomic E-state index is 11.1. The van der Waals surface area contributed by atoms with Gasteiger partial charge in [-0.05, 0) is 25.7 Å². The summed E-state index contributed by atoms with van der Waals surface area (Å²) in [5, 5.41) is 25.2. The molecular formula is C11H23N3O3. The lowest BCUT2D eigenvalue weighted by molar-refractivity contribution is -0.120. The van der Waals surface area contributed by atoms with Crippen LogP contribution in [0.2, 0.25) is 0 Å². The topological polar surface area (TPSA) is 108 Å². The summed E-state index contributed by atoms with van der Waals surface area (Å²) in [7, 11) is 0. The first-order valence-corrected chi connectivity index (χ1v) is 5.93. The maximum absolute atomic E-state index is 11.1. The van der Waals surface area contributed by atoms with Crippen molar-refractivity contribution in [3.8, 4) is 0 Å². The van der Waals surface area contributed by atoms with E-state index in [9.17, 15) is 15.0 Å². The zero-order valence-electron chi connectivity index (χ0n) is 10.4. The Bertz CT molecular complexity index is 271. The SMILES string of the molecule is CC(=O)NC(CO)C1C[C@](C)(O)C[C@@H]1NCN. The molecule has 0 radical (unpaired) electrons. The fourth-order valence-electron chi connectivity index (χ4n) is 2.71. The Kier molecular flexibility index (Phi) is 4.88. The summed E-state index contributed by atoms with van der Waals surface area (Å²) in [6.07, 6.45) is 1.11. The second-order valence-corrected chi connectivity index (χ2v) is 5.07. The molecule has 0 aromatic carbocycles. The quantitative estimate of drug-likeness (QED) is 0.380. The number of hydrogen-bond acceptors (Lipinski definition) is 5. The van der Waals surface area contributed by atoms with E-state index in [0.717, 1.165) is 0 Å². The molecule has 100 valence electrons. The first kappa shape index (κ1) is 14.4. The van der Waals surface area contributed by atoms with E-state index in [1.165, 1.54) is 6.92 Å². The van der Waals surface area contributed by atoms with Gasteiger partial charge in [-0.2, -0.15) is 0 Å². The molecule has 0 bridgehead atoms. The molecule has 6 heteroatoms. The molecule has 17 heavy (non-hydrogen) atoms. The molecule has 1 aliphatic carbocycles. The van der Waals surface area contributed by atoms with Crippen molar-refractivity contribution < 1.29 is 15.0 Å². The van der Waals surface area contributed by atoms with Crippen LogP contribution in [0.1, 0.15) is 26.7 Å². The van der Waals surface area contributed by atoms with Gasteiger partial charge in [-0.1, -0.05) is 0 Å². The van der Waals surface area contributed by atoms with Gasteiger partial charge in [0, 0.05) is 19.6 Å². The molecule has 0 aliphatic heterocycles. The van der Waals surface area contributed by atoms with Crippen molar-refractivity contribution in [1.29, 1.82) is 0 Å². The Hall–Kier alpha value is -0.690. The van der Waals surface area contributed by atoms with Gasteiger partial charge in [0.05, 0.1) is 18.2 Å². The van der Waals surface area contributed by atoms with Crippen LogP contribution in [0.5, 0.6) is 0 Å². The third-order valence-electron chi connectivity index (χ3n) is 3.33. The minimum Gasteiger partial charge on any atom is -0.394 e. The van der Waals surface area contributed by atoms with Crippen molar-refractivity contribution >= 4 is 5.91 Å². The predicted molar refractivity (Wildman–Crippen MR) is 64.0 cm³/mol. The molecule has 6 N–H and O–H groups in total. The van der Waals surface area contributed by atoms with Gasteiger partial charge in [-0.3, -0.25) is 4.79 Å². The molecule has 1 fully saturated rings. The zero-order valence-corrected chi connectivity index (χ0v) is 10.4. The van der Waals surface area contributed by atoms with Crippen molar-refractivity contribution in [2.24, 2.45) is 11.7 Å². The summed E-state index contributed by atoms with van der Waals surface area (Å²) >= 11 is 0. The maximum Gasteiger partial charge on any atom is 0.217 e. The zero-order chi connectivity index (χ0) is 13.1. The van der Waals surface area contributed by atoms with Gasteiger partial charge in [0.1, 0.15) is 0 Å². The van der Waals surface area contributed by atoms with Gasteiger partial charge in [-0.15, -0.1) is 0 Å². The number of nitrogens with two attached hydrogens (primary N) is 1. The number of nitrogens with one attached hydrogen (secondary N) is 2. The van der Waals surface area contributed by atoms with Gasteiger partial charge in [-0.25, -0.2) is 0 Å². The molecule has 0 spiro atoms. The van der Waals surface area contributed by atoms with Crippen LogP contribution in [-0.2, 0) is 4.79 Å². The van der Waals surface area contributed by atoms with Crippen LogP contribution in [0.15, 0.2) is 0 Å². The second kappa shape index (κ2) is 5.77. The lowest BCUT2D eigenvalue weighted by Crippen LogP contribution is -2.49. The molecule has 1 amide bonds. The van der Waals surface area contributed by atoms with Crippen LogP contribution in [0.3, 0.4) is 0 Å². The molecule has 2 unspecified atom stereocenters. The Labute approximate surface area is 102 Å². The van der Waals surface area contributed by atoms with Crippen molar-refractivity contribution in [2.75, 3.05) is 13.3 Å². The minimum absolute atomic E-state index is 0.0116. The largest absolute Gasteiger partial charge is 0.394 e. The highest BCUT2D eigenvalue weighted by atomic mass is 16.3. The van der Waals surface area contributed by atoms with Crippen molar-refractivity contribution in [3.05, 3.63) is 0 Å². The van der Waals surface area contributed by atoms with Gasteiger partial charge in [0.2, 0.25) is 5.91 Å². The lowest BCUT2D eigenvalue weighted by Gasteiger charge is -2.28. The van der Waals surface area contributed by atoms with Crippen LogP contribution in [0.25, 0.3) is 0 Å². The molecule has 1 saturated carbocycles. The van der Waals surface area contributed by atoms with Gasteiger partial charge < -0.3 is 26.6 Å². The van der Waals surface area contributed by atoms with Crippen LogP contribution in [0, 0.1) is 5.92 Å². The van der Waals surface area contributed by atoms with E-state index in [4.69, 9.17) is 5.73 Å². The normalized spacial score (nSPS) is 34.6. The summed E-state index contributed by atoms with van der Waals surface area (Å²) in [4.78, 5) is 11.1. The number of aliphatic hydroxyl groups excluding tert-OH is 1. The molecule has 0 aromatic rings. The van der Waals surface area contributed by atoms with Crippen molar-refractivity contribution in [2.45, 2.75) is 44.4 Å². The molecule has 1 rings (SSSR count). The Morgan fingerprint density at radius 2 is 2.24 bits per heavy atom. The summed E-state index contributed by atoms with van der Waals surface area (Å²) in [5.41, 5.74) is 4.68. The fourth-order valence-corrected chi connectivity index (χ4v) is 2.71. The van der Waals surface area contributed by atoms with Gasteiger partial charge in [0.25, 0.3) is 0 Å². The molecule has 0 heterocycles. The summed E-state index contributed by atoms with van der Waals surface area (Å²) < 4.78 is 0. The number of carbonyl (C=O) groups excluding carboxylic acids is 1. The number of rotatable bonds is 5. The minimum atomic E-state index is -0.774.